The Morgan fingerprint density at radius 3 is 2.86 bits per heavy atom. The number of thioether (sulfide) groups is 1. The van der Waals surface area contributed by atoms with Crippen LogP contribution in [-0.4, -0.2) is 23.1 Å². The lowest BCUT2D eigenvalue weighted by atomic mass is 9.95. The van der Waals surface area contributed by atoms with E-state index < -0.39 is 0 Å². The van der Waals surface area contributed by atoms with E-state index in [1.165, 1.54) is 22.3 Å². The van der Waals surface area contributed by atoms with Gasteiger partial charge in [0.05, 0.1) is 0 Å². The van der Waals surface area contributed by atoms with Gasteiger partial charge in [-0.15, -0.1) is 11.8 Å². The van der Waals surface area contributed by atoms with Gasteiger partial charge in [0, 0.05) is 17.7 Å². The van der Waals surface area contributed by atoms with E-state index in [2.05, 4.69) is 37.3 Å². The van der Waals surface area contributed by atoms with Gasteiger partial charge in [-0.05, 0) is 41.4 Å². The molecule has 2 aliphatic rings. The Kier molecular flexibility index (Phi) is 3.45. The van der Waals surface area contributed by atoms with E-state index in [0.29, 0.717) is 0 Å². The first-order valence-electron chi connectivity index (χ1n) is 7.94. The number of hydrogen-bond acceptors (Lipinski definition) is 2. The summed E-state index contributed by atoms with van der Waals surface area (Å²) in [7, 11) is 0. The molecule has 0 saturated carbocycles. The van der Waals surface area contributed by atoms with Gasteiger partial charge < -0.3 is 4.90 Å². The summed E-state index contributed by atoms with van der Waals surface area (Å²) in [6.07, 6.45) is 2.13. The Morgan fingerprint density at radius 2 is 2.00 bits per heavy atom. The molecule has 2 nitrogen and oxygen atoms in total. The molecule has 1 atom stereocenters. The summed E-state index contributed by atoms with van der Waals surface area (Å²) in [5, 5.41) is 0.206. The Morgan fingerprint density at radius 1 is 1.18 bits per heavy atom. The second-order valence-electron chi connectivity index (χ2n) is 5.90. The fraction of sp³-hybridized carbons (Fsp3) is 0.316. The second-order valence-corrected chi connectivity index (χ2v) is 7.08. The normalized spacial score (nSPS) is 20.0. The number of carbonyl (C=O) groups excluding carboxylic acids is 1. The largest absolute Gasteiger partial charge is 0.322 e. The summed E-state index contributed by atoms with van der Waals surface area (Å²) in [6.45, 7) is 3.07. The molecule has 1 amide bonds. The van der Waals surface area contributed by atoms with Crippen molar-refractivity contribution in [2.75, 3.05) is 12.3 Å². The second kappa shape index (κ2) is 5.47. The number of fused-ring (bicyclic) bond motifs is 3. The van der Waals surface area contributed by atoms with Gasteiger partial charge >= 0.3 is 0 Å². The predicted molar refractivity (Wildman–Crippen MR) is 92.1 cm³/mol. The lowest BCUT2D eigenvalue weighted by Gasteiger charge is -2.30. The fourth-order valence-electron chi connectivity index (χ4n) is 3.47. The van der Waals surface area contributed by atoms with Crippen molar-refractivity contribution in [3.63, 3.8) is 0 Å². The number of carbonyl (C=O) groups is 1. The zero-order chi connectivity index (χ0) is 15.1. The van der Waals surface area contributed by atoms with Crippen LogP contribution in [0.5, 0.6) is 0 Å². The van der Waals surface area contributed by atoms with Crippen molar-refractivity contribution in [2.45, 2.75) is 25.1 Å². The summed E-state index contributed by atoms with van der Waals surface area (Å²) in [4.78, 5) is 14.7. The third-order valence-electron chi connectivity index (χ3n) is 4.59. The molecule has 1 fully saturated rings. The zero-order valence-corrected chi connectivity index (χ0v) is 13.5. The number of benzene rings is 2. The van der Waals surface area contributed by atoms with Gasteiger partial charge in [-0.2, -0.15) is 0 Å². The van der Waals surface area contributed by atoms with Crippen LogP contribution >= 0.6 is 11.8 Å². The maximum atomic E-state index is 12.7. The van der Waals surface area contributed by atoms with Crippen LogP contribution in [0.2, 0.25) is 0 Å². The third-order valence-corrected chi connectivity index (χ3v) is 5.92. The van der Waals surface area contributed by atoms with Gasteiger partial charge in [0.25, 0.3) is 5.91 Å². The number of rotatable bonds is 2. The van der Waals surface area contributed by atoms with Crippen LogP contribution in [0.25, 0.3) is 11.1 Å². The Hall–Kier alpha value is -1.74. The van der Waals surface area contributed by atoms with Gasteiger partial charge in [-0.1, -0.05) is 43.3 Å². The van der Waals surface area contributed by atoms with Crippen molar-refractivity contribution < 1.29 is 4.79 Å². The van der Waals surface area contributed by atoms with Crippen molar-refractivity contribution in [1.82, 2.24) is 4.90 Å². The number of nitrogens with zero attached hydrogens (tertiary/aromatic N) is 1. The highest BCUT2D eigenvalue weighted by atomic mass is 32.2. The van der Waals surface area contributed by atoms with Gasteiger partial charge in [0.1, 0.15) is 5.37 Å². The van der Waals surface area contributed by atoms with Crippen LogP contribution in [0, 0.1) is 0 Å². The van der Waals surface area contributed by atoms with Crippen molar-refractivity contribution in [2.24, 2.45) is 0 Å². The quantitative estimate of drug-likeness (QED) is 0.813. The molecule has 4 rings (SSSR count). The van der Waals surface area contributed by atoms with Crippen LogP contribution in [0.15, 0.2) is 42.5 Å². The van der Waals surface area contributed by atoms with Crippen LogP contribution in [0.3, 0.4) is 0 Å². The molecule has 2 aromatic rings. The van der Waals surface area contributed by atoms with E-state index in [0.717, 1.165) is 30.7 Å². The minimum absolute atomic E-state index is 0.206. The van der Waals surface area contributed by atoms with E-state index in [1.54, 1.807) is 0 Å². The van der Waals surface area contributed by atoms with Crippen LogP contribution in [-0.2, 0) is 6.42 Å². The Balaban J connectivity index is 1.88. The predicted octanol–water partition coefficient (Wildman–Crippen LogP) is 4.51. The number of aryl methyl sites for hydroxylation is 1. The Bertz CT molecular complexity index is 740. The first kappa shape index (κ1) is 13.9. The topological polar surface area (TPSA) is 20.3 Å². The fourth-order valence-corrected chi connectivity index (χ4v) is 4.79. The number of amides is 1. The summed E-state index contributed by atoms with van der Waals surface area (Å²) < 4.78 is 0. The van der Waals surface area contributed by atoms with Crippen molar-refractivity contribution in [1.29, 1.82) is 0 Å². The van der Waals surface area contributed by atoms with Crippen LogP contribution in [0.4, 0.5) is 0 Å². The molecule has 112 valence electrons. The zero-order valence-electron chi connectivity index (χ0n) is 12.7. The van der Waals surface area contributed by atoms with Crippen LogP contribution in [0.1, 0.15) is 40.2 Å². The molecule has 0 N–H and O–H groups in total. The van der Waals surface area contributed by atoms with E-state index in [-0.39, 0.29) is 11.3 Å². The SMILES string of the molecule is CCc1cccc(-c2cccc3c2C2SCCCN2C3=O)c1. The number of hydrogen-bond donors (Lipinski definition) is 0. The summed E-state index contributed by atoms with van der Waals surface area (Å²) in [6, 6.07) is 14.9. The molecule has 2 aromatic carbocycles. The molecule has 2 heterocycles. The van der Waals surface area contributed by atoms with Gasteiger partial charge in [-0.25, -0.2) is 0 Å². The molecule has 0 spiro atoms. The summed E-state index contributed by atoms with van der Waals surface area (Å²) in [5.41, 5.74) is 5.93. The highest BCUT2D eigenvalue weighted by Gasteiger charge is 2.40. The van der Waals surface area contributed by atoms with Gasteiger partial charge in [0.2, 0.25) is 0 Å². The van der Waals surface area contributed by atoms with E-state index in [9.17, 15) is 4.79 Å². The first-order chi connectivity index (χ1) is 10.8. The lowest BCUT2D eigenvalue weighted by molar-refractivity contribution is 0.0769. The lowest BCUT2D eigenvalue weighted by Crippen LogP contribution is -2.31. The maximum Gasteiger partial charge on any atom is 0.255 e. The minimum Gasteiger partial charge on any atom is -0.322 e. The molecule has 0 aliphatic carbocycles. The van der Waals surface area contributed by atoms with Crippen molar-refractivity contribution in [3.05, 3.63) is 59.2 Å². The molecule has 3 heteroatoms. The first-order valence-corrected chi connectivity index (χ1v) is 8.99. The van der Waals surface area contributed by atoms with E-state index >= 15 is 0 Å². The summed E-state index contributed by atoms with van der Waals surface area (Å²) >= 11 is 1.90. The van der Waals surface area contributed by atoms with Gasteiger partial charge in [0.15, 0.2) is 0 Å². The molecule has 0 radical (unpaired) electrons. The molecule has 1 unspecified atom stereocenters. The molecule has 0 bridgehead atoms. The molecule has 22 heavy (non-hydrogen) atoms. The Labute approximate surface area is 135 Å². The average Bonchev–Trinajstić information content (AvgIpc) is 2.88. The molecule has 0 aromatic heterocycles. The molecular formula is C19H19NOS. The van der Waals surface area contributed by atoms with Gasteiger partial charge in [-0.3, -0.25) is 4.79 Å². The molecular weight excluding hydrogens is 290 g/mol. The van der Waals surface area contributed by atoms with Crippen molar-refractivity contribution in [3.8, 4) is 11.1 Å². The highest BCUT2D eigenvalue weighted by molar-refractivity contribution is 7.99. The standard InChI is InChI=1S/C19H19NOS/c1-2-13-6-3-7-14(12-13)15-8-4-9-16-17(15)19-20(18(16)21)10-5-11-22-19/h3-4,6-9,12,19H,2,5,10-11H2,1H3. The third kappa shape index (κ3) is 2.07. The monoisotopic (exact) mass is 309 g/mol. The summed E-state index contributed by atoms with van der Waals surface area (Å²) in [5.74, 6) is 1.35. The maximum absolute atomic E-state index is 12.7. The van der Waals surface area contributed by atoms with E-state index in [1.807, 2.05) is 28.8 Å². The van der Waals surface area contributed by atoms with Crippen LogP contribution < -0.4 is 0 Å². The van der Waals surface area contributed by atoms with Crippen molar-refractivity contribution >= 4 is 17.7 Å². The molecule has 2 aliphatic heterocycles. The average molecular weight is 309 g/mol. The van der Waals surface area contributed by atoms with E-state index in [4.69, 9.17) is 0 Å². The minimum atomic E-state index is 0.206. The smallest absolute Gasteiger partial charge is 0.255 e. The highest BCUT2D eigenvalue weighted by Crippen LogP contribution is 2.48. The molecule has 1 saturated heterocycles.